The topological polar surface area (TPSA) is 66.0 Å². The third kappa shape index (κ3) is 5.87. The lowest BCUT2D eigenvalue weighted by atomic mass is 9.67. The third-order valence-electron chi connectivity index (χ3n) is 16.1. The second-order valence-corrected chi connectivity index (χ2v) is 20.1. The van der Waals surface area contributed by atoms with Crippen molar-refractivity contribution in [2.24, 2.45) is 11.8 Å². The van der Waals surface area contributed by atoms with Gasteiger partial charge in [-0.25, -0.2) is 9.97 Å². The SMILES string of the molecule is CC1CC=CC=C1C1(C)CC=Cc2c1oc1c2C=CC2(C)c3ccccc3N(c3ccc(C4(C)C=CC=CC4)cc3-c3nc(-c4ccccc4)c(C#N)c(C4(C)CC=CCC4C)n3)C12. The van der Waals surface area contributed by atoms with E-state index < -0.39 is 5.41 Å². The number of para-hydroxylation sites is 1. The van der Waals surface area contributed by atoms with Crippen LogP contribution in [-0.2, 0) is 21.7 Å². The maximum Gasteiger partial charge on any atom is 0.162 e. The first-order valence-electron chi connectivity index (χ1n) is 23.3. The third-order valence-corrected chi connectivity index (χ3v) is 16.1. The van der Waals surface area contributed by atoms with Crippen LogP contribution in [-0.4, -0.2) is 9.97 Å². The number of rotatable bonds is 6. The molecule has 2 aromatic heterocycles. The minimum atomic E-state index is -0.410. The van der Waals surface area contributed by atoms with Crippen LogP contribution >= 0.6 is 0 Å². The zero-order valence-corrected chi connectivity index (χ0v) is 37.9. The van der Waals surface area contributed by atoms with E-state index in [1.54, 1.807) is 0 Å². The van der Waals surface area contributed by atoms with Gasteiger partial charge in [0.1, 0.15) is 29.2 Å². The van der Waals surface area contributed by atoms with Crippen LogP contribution in [0.2, 0.25) is 0 Å². The first kappa shape index (κ1) is 40.3. The fraction of sp³-hybridized carbons (Fsp3) is 0.305. The van der Waals surface area contributed by atoms with Crippen molar-refractivity contribution in [1.82, 2.24) is 9.97 Å². The van der Waals surface area contributed by atoms with Crippen LogP contribution in [0.4, 0.5) is 11.4 Å². The van der Waals surface area contributed by atoms with E-state index >= 15 is 0 Å². The standard InChI is InChI=1S/C59H56N4O/c1-38-20-11-12-25-46(38)59(6)34-19-24-43-42-30-35-58(5)47-26-13-14-27-49(47)63(53(58)51(42)64-54(43)59)48-29-28-41(56(3)31-16-8-17-32-56)36-44(48)55-61-50(40-22-9-7-10-23-40)45(37-60)52(62-55)57(4)33-18-15-21-39(57)2/h7-19,22-31,35-36,38-39,53H,20-21,32-34H2,1-6H3. The number of aromatic nitrogens is 2. The number of allylic oxidation sites excluding steroid dienone is 11. The number of fused-ring (bicyclic) bond motifs is 7. The molecule has 3 heterocycles. The van der Waals surface area contributed by atoms with Gasteiger partial charge in [-0.05, 0) is 87.1 Å². The summed E-state index contributed by atoms with van der Waals surface area (Å²) in [6, 6.07) is 28.5. The minimum absolute atomic E-state index is 0.198. The molecule has 0 fully saturated rings. The Bertz CT molecular complexity index is 3000. The molecule has 6 aliphatic rings. The Hall–Kier alpha value is -6.51. The molecule has 0 saturated carbocycles. The van der Waals surface area contributed by atoms with Gasteiger partial charge < -0.3 is 9.32 Å². The second-order valence-electron chi connectivity index (χ2n) is 20.1. The van der Waals surface area contributed by atoms with E-state index in [2.05, 4.69) is 186 Å². The Morgan fingerprint density at radius 2 is 1.58 bits per heavy atom. The number of nitrogens with zero attached hydrogens (tertiary/aromatic N) is 4. The van der Waals surface area contributed by atoms with Gasteiger partial charge in [-0.2, -0.15) is 5.26 Å². The second kappa shape index (κ2) is 14.8. The molecule has 0 spiro atoms. The van der Waals surface area contributed by atoms with E-state index in [9.17, 15) is 5.26 Å². The maximum atomic E-state index is 11.1. The van der Waals surface area contributed by atoms with Gasteiger partial charge in [-0.15, -0.1) is 0 Å². The van der Waals surface area contributed by atoms with Crippen molar-refractivity contribution in [2.75, 3.05) is 4.90 Å². The predicted molar refractivity (Wildman–Crippen MR) is 261 cm³/mol. The number of benzene rings is 3. The number of hydrogen-bond donors (Lipinski definition) is 0. The molecule has 1 aliphatic heterocycles. The van der Waals surface area contributed by atoms with E-state index in [-0.39, 0.29) is 28.2 Å². The molecule has 5 nitrogen and oxygen atoms in total. The molecule has 318 valence electrons. The van der Waals surface area contributed by atoms with E-state index in [1.165, 1.54) is 22.3 Å². The summed E-state index contributed by atoms with van der Waals surface area (Å²) < 4.78 is 7.52. The Morgan fingerprint density at radius 3 is 2.36 bits per heavy atom. The van der Waals surface area contributed by atoms with Gasteiger partial charge in [0, 0.05) is 44.2 Å². The average Bonchev–Trinajstić information content (AvgIpc) is 3.83. The highest BCUT2D eigenvalue weighted by atomic mass is 16.3. The summed E-state index contributed by atoms with van der Waals surface area (Å²) in [5.41, 5.74) is 11.0. The van der Waals surface area contributed by atoms with Crippen molar-refractivity contribution in [1.29, 1.82) is 5.26 Å². The Balaban J connectivity index is 1.18. The molecule has 0 N–H and O–H groups in total. The fourth-order valence-electron chi connectivity index (χ4n) is 12.0. The first-order chi connectivity index (χ1) is 31.0. The van der Waals surface area contributed by atoms with Crippen LogP contribution < -0.4 is 4.90 Å². The highest BCUT2D eigenvalue weighted by Gasteiger charge is 2.54. The maximum absolute atomic E-state index is 11.1. The predicted octanol–water partition coefficient (Wildman–Crippen LogP) is 14.7. The van der Waals surface area contributed by atoms with Gasteiger partial charge in [-0.3, -0.25) is 0 Å². The van der Waals surface area contributed by atoms with Gasteiger partial charge in [0.05, 0.1) is 22.5 Å². The summed E-state index contributed by atoms with van der Waals surface area (Å²) in [7, 11) is 0. The summed E-state index contributed by atoms with van der Waals surface area (Å²) in [6.45, 7) is 14.0. The Kier molecular flexibility index (Phi) is 9.30. The molecule has 0 radical (unpaired) electrons. The van der Waals surface area contributed by atoms with Crippen molar-refractivity contribution >= 4 is 23.5 Å². The fourth-order valence-corrected chi connectivity index (χ4v) is 12.0. The van der Waals surface area contributed by atoms with Crippen LogP contribution in [0.3, 0.4) is 0 Å². The summed E-state index contributed by atoms with van der Waals surface area (Å²) in [6.07, 6.45) is 34.2. The van der Waals surface area contributed by atoms with E-state index in [1.807, 2.05) is 18.2 Å². The summed E-state index contributed by atoms with van der Waals surface area (Å²) in [5, 5.41) is 11.1. The molecular formula is C59H56N4O. The lowest BCUT2D eigenvalue weighted by Crippen LogP contribution is -2.35. The van der Waals surface area contributed by atoms with Crippen molar-refractivity contribution in [3.63, 3.8) is 0 Å². The molecule has 7 atom stereocenters. The Labute approximate surface area is 378 Å². The van der Waals surface area contributed by atoms with Crippen molar-refractivity contribution in [3.05, 3.63) is 190 Å². The highest BCUT2D eigenvalue weighted by molar-refractivity contribution is 5.89. The van der Waals surface area contributed by atoms with E-state index in [0.717, 1.165) is 77.4 Å². The summed E-state index contributed by atoms with van der Waals surface area (Å²) in [4.78, 5) is 13.7. The minimum Gasteiger partial charge on any atom is -0.462 e. The molecule has 0 saturated heterocycles. The highest BCUT2D eigenvalue weighted by Crippen LogP contribution is 2.62. The van der Waals surface area contributed by atoms with Gasteiger partial charge in [0.25, 0.3) is 0 Å². The number of nitriles is 1. The monoisotopic (exact) mass is 836 g/mol. The van der Waals surface area contributed by atoms with Crippen molar-refractivity contribution < 1.29 is 4.42 Å². The van der Waals surface area contributed by atoms with Crippen LogP contribution in [0.25, 0.3) is 34.8 Å². The van der Waals surface area contributed by atoms with E-state index in [0.29, 0.717) is 23.0 Å². The van der Waals surface area contributed by atoms with Gasteiger partial charge in [-0.1, -0.05) is 167 Å². The Morgan fingerprint density at radius 1 is 0.750 bits per heavy atom. The van der Waals surface area contributed by atoms with Crippen molar-refractivity contribution in [2.45, 2.75) is 101 Å². The zero-order valence-electron chi connectivity index (χ0n) is 37.9. The molecule has 11 rings (SSSR count). The molecule has 0 bridgehead atoms. The van der Waals surface area contributed by atoms with Crippen LogP contribution in [0, 0.1) is 23.2 Å². The van der Waals surface area contributed by atoms with Crippen molar-refractivity contribution in [3.8, 4) is 28.7 Å². The molecule has 5 heteroatoms. The summed E-state index contributed by atoms with van der Waals surface area (Å²) >= 11 is 0. The molecule has 7 unspecified atom stereocenters. The lowest BCUT2D eigenvalue weighted by Gasteiger charge is -2.38. The van der Waals surface area contributed by atoms with Crippen LogP contribution in [0.1, 0.15) is 125 Å². The van der Waals surface area contributed by atoms with Crippen LogP contribution in [0.15, 0.2) is 150 Å². The molecule has 0 amide bonds. The quantitative estimate of drug-likeness (QED) is 0.159. The zero-order chi connectivity index (χ0) is 44.0. The average molecular weight is 837 g/mol. The normalized spacial score (nSPS) is 29.5. The lowest BCUT2D eigenvalue weighted by molar-refractivity contribution is 0.297. The van der Waals surface area contributed by atoms with E-state index in [4.69, 9.17) is 14.4 Å². The number of anilines is 2. The largest absolute Gasteiger partial charge is 0.462 e. The van der Waals surface area contributed by atoms with Gasteiger partial charge in [0.15, 0.2) is 5.82 Å². The van der Waals surface area contributed by atoms with Crippen LogP contribution in [0.5, 0.6) is 0 Å². The van der Waals surface area contributed by atoms with Gasteiger partial charge in [0.2, 0.25) is 0 Å². The summed E-state index contributed by atoms with van der Waals surface area (Å²) in [5.74, 6) is 3.38. The number of furan rings is 1. The molecular weight excluding hydrogens is 781 g/mol. The molecule has 64 heavy (non-hydrogen) atoms. The smallest absolute Gasteiger partial charge is 0.162 e. The molecule has 3 aromatic carbocycles. The molecule has 5 aliphatic carbocycles. The first-order valence-corrected chi connectivity index (χ1v) is 23.3. The molecule has 5 aromatic rings. The number of hydrogen-bond acceptors (Lipinski definition) is 5. The van der Waals surface area contributed by atoms with Gasteiger partial charge >= 0.3 is 0 Å².